The number of nitriles is 1. The monoisotopic (exact) mass is 283 g/mol. The molecule has 0 radical (unpaired) electrons. The molecule has 0 heterocycles. The molecule has 0 saturated carbocycles. The van der Waals surface area contributed by atoms with Crippen LogP contribution in [-0.2, 0) is 0 Å². The highest BCUT2D eigenvalue weighted by Gasteiger charge is 2.21. The average Bonchev–Trinajstić information content (AvgIpc) is 2.47. The van der Waals surface area contributed by atoms with Crippen molar-refractivity contribution in [1.82, 2.24) is 0 Å². The Balaban J connectivity index is 2.54. The van der Waals surface area contributed by atoms with Crippen molar-refractivity contribution in [1.29, 1.82) is 5.26 Å². The van der Waals surface area contributed by atoms with Crippen LogP contribution in [0.3, 0.4) is 0 Å². The molecule has 2 aromatic rings. The fourth-order valence-corrected chi connectivity index (χ4v) is 1.81. The Bertz CT molecular complexity index is 733. The molecule has 0 aliphatic carbocycles. The Kier molecular flexibility index (Phi) is 3.81. The van der Waals surface area contributed by atoms with E-state index in [0.717, 1.165) is 0 Å². The number of carboxylic acids is 1. The Morgan fingerprint density at radius 3 is 2.62 bits per heavy atom. The van der Waals surface area contributed by atoms with Crippen LogP contribution >= 0.6 is 0 Å². The van der Waals surface area contributed by atoms with Gasteiger partial charge >= 0.3 is 5.97 Å². The molecule has 0 amide bonds. The summed E-state index contributed by atoms with van der Waals surface area (Å²) in [5.74, 6) is -1.28. The molecule has 0 spiro atoms. The van der Waals surface area contributed by atoms with Gasteiger partial charge in [0.05, 0.1) is 22.1 Å². The van der Waals surface area contributed by atoms with E-state index in [2.05, 4.69) is 5.32 Å². The van der Waals surface area contributed by atoms with Crippen molar-refractivity contribution in [3.8, 4) is 6.07 Å². The molecule has 0 atom stereocenters. The summed E-state index contributed by atoms with van der Waals surface area (Å²) in [6.45, 7) is 0. The molecule has 2 aromatic carbocycles. The van der Waals surface area contributed by atoms with Gasteiger partial charge in [0.15, 0.2) is 0 Å². The van der Waals surface area contributed by atoms with Gasteiger partial charge < -0.3 is 10.4 Å². The largest absolute Gasteiger partial charge is 0.478 e. The fraction of sp³-hybridized carbons (Fsp3) is 0. The van der Waals surface area contributed by atoms with Crippen molar-refractivity contribution in [2.75, 3.05) is 5.32 Å². The van der Waals surface area contributed by atoms with Gasteiger partial charge in [-0.25, -0.2) is 4.79 Å². The van der Waals surface area contributed by atoms with Crippen molar-refractivity contribution in [3.63, 3.8) is 0 Å². The Morgan fingerprint density at radius 2 is 2.00 bits per heavy atom. The van der Waals surface area contributed by atoms with Crippen LogP contribution in [0.2, 0.25) is 0 Å². The third-order valence-electron chi connectivity index (χ3n) is 2.73. The van der Waals surface area contributed by atoms with Crippen molar-refractivity contribution in [3.05, 3.63) is 63.7 Å². The molecule has 0 unspecified atom stereocenters. The minimum atomic E-state index is -1.28. The zero-order chi connectivity index (χ0) is 15.4. The number of para-hydroxylation sites is 1. The van der Waals surface area contributed by atoms with E-state index in [1.54, 1.807) is 18.2 Å². The van der Waals surface area contributed by atoms with Crippen LogP contribution in [0.4, 0.5) is 17.1 Å². The van der Waals surface area contributed by atoms with Gasteiger partial charge in [0, 0.05) is 11.8 Å². The Labute approximate surface area is 119 Å². The molecule has 0 saturated heterocycles. The lowest BCUT2D eigenvalue weighted by Gasteiger charge is -2.10. The van der Waals surface area contributed by atoms with Gasteiger partial charge in [-0.1, -0.05) is 12.1 Å². The van der Waals surface area contributed by atoms with Crippen molar-refractivity contribution in [2.24, 2.45) is 0 Å². The maximum atomic E-state index is 11.2. The van der Waals surface area contributed by atoms with Crippen LogP contribution in [0.25, 0.3) is 0 Å². The summed E-state index contributed by atoms with van der Waals surface area (Å²) in [5, 5.41) is 31.7. The number of nitrogens with zero attached hydrogens (tertiary/aromatic N) is 2. The normalized spacial score (nSPS) is 9.67. The van der Waals surface area contributed by atoms with Crippen LogP contribution in [0.1, 0.15) is 15.9 Å². The zero-order valence-corrected chi connectivity index (χ0v) is 10.6. The first-order valence-corrected chi connectivity index (χ1v) is 5.81. The lowest BCUT2D eigenvalue weighted by atomic mass is 10.1. The quantitative estimate of drug-likeness (QED) is 0.658. The lowest BCUT2D eigenvalue weighted by molar-refractivity contribution is -0.383. The van der Waals surface area contributed by atoms with Gasteiger partial charge in [-0.05, 0) is 24.3 Å². The van der Waals surface area contributed by atoms with E-state index >= 15 is 0 Å². The highest BCUT2D eigenvalue weighted by Crippen LogP contribution is 2.31. The lowest BCUT2D eigenvalue weighted by Crippen LogP contribution is -2.05. The number of benzene rings is 2. The number of hydrogen-bond acceptors (Lipinski definition) is 5. The molecule has 0 aliphatic rings. The third kappa shape index (κ3) is 2.96. The number of nitrogens with one attached hydrogen (secondary N) is 1. The van der Waals surface area contributed by atoms with Gasteiger partial charge in [0.2, 0.25) is 0 Å². The summed E-state index contributed by atoms with van der Waals surface area (Å²) in [6.07, 6.45) is 0. The number of carbonyl (C=O) groups is 1. The molecular formula is C14H9N3O4. The summed E-state index contributed by atoms with van der Waals surface area (Å²) in [7, 11) is 0. The second kappa shape index (κ2) is 5.71. The maximum absolute atomic E-state index is 11.2. The molecule has 2 rings (SSSR count). The first-order valence-electron chi connectivity index (χ1n) is 5.81. The second-order valence-corrected chi connectivity index (χ2v) is 4.08. The molecule has 0 fully saturated rings. The summed E-state index contributed by atoms with van der Waals surface area (Å²) < 4.78 is 0. The third-order valence-corrected chi connectivity index (χ3v) is 2.73. The van der Waals surface area contributed by atoms with E-state index in [1.807, 2.05) is 6.07 Å². The summed E-state index contributed by atoms with van der Waals surface area (Å²) in [4.78, 5) is 21.6. The zero-order valence-electron chi connectivity index (χ0n) is 10.6. The predicted molar refractivity (Wildman–Crippen MR) is 74.5 cm³/mol. The highest BCUT2D eigenvalue weighted by molar-refractivity contribution is 5.98. The fourth-order valence-electron chi connectivity index (χ4n) is 1.81. The van der Waals surface area contributed by atoms with Crippen LogP contribution in [0.15, 0.2) is 42.5 Å². The van der Waals surface area contributed by atoms with E-state index in [-0.39, 0.29) is 16.9 Å². The number of hydrogen-bond donors (Lipinski definition) is 2. The van der Waals surface area contributed by atoms with E-state index in [1.165, 1.54) is 24.3 Å². The molecule has 2 N–H and O–H groups in total. The number of rotatable bonds is 4. The molecule has 7 nitrogen and oxygen atoms in total. The number of carboxylic acid groups (broad SMARTS) is 1. The van der Waals surface area contributed by atoms with Gasteiger partial charge in [-0.15, -0.1) is 0 Å². The molecule has 0 bridgehead atoms. The number of nitro groups is 1. The minimum absolute atomic E-state index is 0.120. The standard InChI is InChI=1S/C14H9N3O4/c15-8-9-3-1-4-10(7-9)16-13-11(14(18)19)5-2-6-12(13)17(20)21/h1-7,16H,(H,18,19). The Morgan fingerprint density at radius 1 is 1.29 bits per heavy atom. The summed E-state index contributed by atoms with van der Waals surface area (Å²) in [6, 6.07) is 11.9. The molecular weight excluding hydrogens is 274 g/mol. The SMILES string of the molecule is N#Cc1cccc(Nc2c(C(=O)O)cccc2[N+](=O)[O-])c1. The van der Waals surface area contributed by atoms with E-state index in [0.29, 0.717) is 11.3 Å². The molecule has 21 heavy (non-hydrogen) atoms. The van der Waals surface area contributed by atoms with Crippen molar-refractivity contribution in [2.45, 2.75) is 0 Å². The molecule has 0 aromatic heterocycles. The average molecular weight is 283 g/mol. The first kappa shape index (κ1) is 14.0. The van der Waals surface area contributed by atoms with Gasteiger partial charge in [-0.2, -0.15) is 5.26 Å². The topological polar surface area (TPSA) is 116 Å². The van der Waals surface area contributed by atoms with E-state index < -0.39 is 10.9 Å². The van der Waals surface area contributed by atoms with E-state index in [4.69, 9.17) is 10.4 Å². The second-order valence-electron chi connectivity index (χ2n) is 4.08. The number of nitro benzene ring substituents is 1. The first-order chi connectivity index (χ1) is 10.0. The Hall–Kier alpha value is -3.40. The molecule has 0 aliphatic heterocycles. The van der Waals surface area contributed by atoms with Crippen molar-refractivity contribution < 1.29 is 14.8 Å². The smallest absolute Gasteiger partial charge is 0.338 e. The number of anilines is 2. The van der Waals surface area contributed by atoms with E-state index in [9.17, 15) is 14.9 Å². The van der Waals surface area contributed by atoms with Gasteiger partial charge in [0.25, 0.3) is 5.69 Å². The van der Waals surface area contributed by atoms with Crippen LogP contribution in [-0.4, -0.2) is 16.0 Å². The maximum Gasteiger partial charge on any atom is 0.338 e. The van der Waals surface area contributed by atoms with Crippen LogP contribution in [0.5, 0.6) is 0 Å². The molecule has 7 heteroatoms. The number of aromatic carboxylic acids is 1. The highest BCUT2D eigenvalue weighted by atomic mass is 16.6. The molecule has 104 valence electrons. The minimum Gasteiger partial charge on any atom is -0.478 e. The predicted octanol–water partition coefficient (Wildman–Crippen LogP) is 2.91. The van der Waals surface area contributed by atoms with Gasteiger partial charge in [-0.3, -0.25) is 10.1 Å². The van der Waals surface area contributed by atoms with Crippen molar-refractivity contribution >= 4 is 23.0 Å². The summed E-state index contributed by atoms with van der Waals surface area (Å²) in [5.41, 5.74) is 0.0650. The van der Waals surface area contributed by atoms with Crippen LogP contribution in [0, 0.1) is 21.4 Å². The summed E-state index contributed by atoms with van der Waals surface area (Å²) >= 11 is 0. The van der Waals surface area contributed by atoms with Gasteiger partial charge in [0.1, 0.15) is 5.69 Å². The van der Waals surface area contributed by atoms with Crippen LogP contribution < -0.4 is 5.32 Å².